The molecule has 11 heteroatoms. The summed E-state index contributed by atoms with van der Waals surface area (Å²) in [6.07, 6.45) is 0.580. The van der Waals surface area contributed by atoms with E-state index in [1.54, 1.807) is 23.7 Å². The van der Waals surface area contributed by atoms with Gasteiger partial charge in [-0.05, 0) is 44.0 Å². The Bertz CT molecular complexity index is 1360. The van der Waals surface area contributed by atoms with Crippen LogP contribution in [-0.2, 0) is 25.8 Å². The van der Waals surface area contributed by atoms with Crippen molar-refractivity contribution in [1.29, 1.82) is 0 Å². The summed E-state index contributed by atoms with van der Waals surface area (Å²) in [4.78, 5) is 42.3. The molecule has 3 amide bonds. The highest BCUT2D eigenvalue weighted by Gasteiger charge is 2.74. The number of hydrogen-bond donors (Lipinski definition) is 3. The number of ether oxygens (including phenoxy) is 1. The number of nitrogens with one attached hydrogen (secondary N) is 2. The average molecular weight is 505 g/mol. The molecule has 3 aliphatic rings. The van der Waals surface area contributed by atoms with Crippen LogP contribution in [0.15, 0.2) is 54.6 Å². The van der Waals surface area contributed by atoms with E-state index in [-0.39, 0.29) is 25.1 Å². The predicted octanol–water partition coefficient (Wildman–Crippen LogP) is 0.899. The average Bonchev–Trinajstić information content (AvgIpc) is 3.66. The molecule has 192 valence electrons. The second-order valence-corrected chi connectivity index (χ2v) is 9.97. The molecule has 3 aromatic rings. The van der Waals surface area contributed by atoms with Gasteiger partial charge in [-0.2, -0.15) is 0 Å². The number of para-hydroxylation sites is 2. The Morgan fingerprint density at radius 2 is 1.92 bits per heavy atom. The monoisotopic (exact) mass is 504 g/mol. The van der Waals surface area contributed by atoms with E-state index in [0.29, 0.717) is 24.0 Å². The third-order valence-electron chi connectivity index (χ3n) is 7.89. The number of aromatic nitrogens is 3. The quantitative estimate of drug-likeness (QED) is 0.435. The van der Waals surface area contributed by atoms with Gasteiger partial charge in [-0.3, -0.25) is 14.4 Å². The molecule has 3 fully saturated rings. The fourth-order valence-corrected chi connectivity index (χ4v) is 6.28. The van der Waals surface area contributed by atoms with Gasteiger partial charge < -0.3 is 25.4 Å². The van der Waals surface area contributed by atoms with Crippen molar-refractivity contribution in [2.45, 2.75) is 50.2 Å². The summed E-state index contributed by atoms with van der Waals surface area (Å²) in [5, 5.41) is 24.0. The minimum absolute atomic E-state index is 0.0491. The molecular formula is C26H28N6O5. The Morgan fingerprint density at radius 1 is 1.16 bits per heavy atom. The van der Waals surface area contributed by atoms with Gasteiger partial charge in [0.15, 0.2) is 0 Å². The van der Waals surface area contributed by atoms with Crippen LogP contribution in [0.5, 0.6) is 0 Å². The lowest BCUT2D eigenvalue weighted by atomic mass is 9.70. The lowest BCUT2D eigenvalue weighted by Gasteiger charge is -2.35. The van der Waals surface area contributed by atoms with E-state index < -0.39 is 41.5 Å². The number of carbonyl (C=O) groups excluding carboxylic acids is 3. The maximum absolute atomic E-state index is 13.8. The SMILES string of the molecule is C[C@H](CO)N1C(=O)[C@@H]2[C@@H](C(=O)Nc3ccccc3)[C@H]3CCC2(O3)C1C(=O)NCn1nnc2ccccc21. The summed E-state index contributed by atoms with van der Waals surface area (Å²) in [5.41, 5.74) is 0.951. The number of likely N-dealkylation sites (tertiary alicyclic amines) is 1. The Morgan fingerprint density at radius 3 is 2.70 bits per heavy atom. The van der Waals surface area contributed by atoms with Crippen molar-refractivity contribution in [2.75, 3.05) is 11.9 Å². The molecule has 2 bridgehead atoms. The van der Waals surface area contributed by atoms with E-state index >= 15 is 0 Å². The number of rotatable bonds is 7. The second-order valence-electron chi connectivity index (χ2n) is 9.97. The van der Waals surface area contributed by atoms with Crippen molar-refractivity contribution in [3.63, 3.8) is 0 Å². The van der Waals surface area contributed by atoms with Crippen molar-refractivity contribution in [3.05, 3.63) is 54.6 Å². The predicted molar refractivity (Wildman–Crippen MR) is 132 cm³/mol. The van der Waals surface area contributed by atoms with Gasteiger partial charge in [0.1, 0.15) is 23.8 Å². The first kappa shape index (κ1) is 23.6. The van der Waals surface area contributed by atoms with Crippen molar-refractivity contribution in [1.82, 2.24) is 25.2 Å². The zero-order chi connectivity index (χ0) is 25.7. The normalized spacial score (nSPS) is 28.9. The summed E-state index contributed by atoms with van der Waals surface area (Å²) in [6.45, 7) is 1.41. The largest absolute Gasteiger partial charge is 0.394 e. The van der Waals surface area contributed by atoms with Gasteiger partial charge >= 0.3 is 0 Å². The number of fused-ring (bicyclic) bond motifs is 2. The molecule has 0 radical (unpaired) electrons. The van der Waals surface area contributed by atoms with Crippen LogP contribution in [0.2, 0.25) is 0 Å². The highest BCUT2D eigenvalue weighted by molar-refractivity contribution is 6.02. The molecule has 11 nitrogen and oxygen atoms in total. The molecule has 1 spiro atoms. The fourth-order valence-electron chi connectivity index (χ4n) is 6.28. The molecule has 0 saturated carbocycles. The van der Waals surface area contributed by atoms with Crippen LogP contribution in [0.3, 0.4) is 0 Å². The standard InChI is InChI=1S/C26H28N6O5/c1-15(13-33)32-22(24(35)27-14-31-18-10-6-5-9-17(18)29-30-31)26-12-11-19(37-26)20(21(26)25(32)36)23(34)28-16-7-3-2-4-8-16/h2-10,15,19-22,33H,11-14H2,1H3,(H,27,35)(H,28,34)/t15-,19-,20+,21+,22?,26?/m1/s1. The molecule has 6 atom stereocenters. The van der Waals surface area contributed by atoms with Gasteiger partial charge in [0, 0.05) is 5.69 Å². The van der Waals surface area contributed by atoms with Crippen molar-refractivity contribution >= 4 is 34.4 Å². The number of aliphatic hydroxyl groups excluding tert-OH is 1. The van der Waals surface area contributed by atoms with Crippen molar-refractivity contribution in [3.8, 4) is 0 Å². The van der Waals surface area contributed by atoms with E-state index in [2.05, 4.69) is 20.9 Å². The van der Waals surface area contributed by atoms with Crippen molar-refractivity contribution in [2.24, 2.45) is 11.8 Å². The first-order valence-electron chi connectivity index (χ1n) is 12.5. The van der Waals surface area contributed by atoms with Crippen LogP contribution < -0.4 is 10.6 Å². The number of hydrogen-bond acceptors (Lipinski definition) is 7. The van der Waals surface area contributed by atoms with Crippen LogP contribution in [0.1, 0.15) is 19.8 Å². The van der Waals surface area contributed by atoms with Gasteiger partial charge in [0.2, 0.25) is 17.7 Å². The Balaban J connectivity index is 1.29. The molecule has 4 heterocycles. The molecule has 2 unspecified atom stereocenters. The molecule has 2 aromatic carbocycles. The topological polar surface area (TPSA) is 139 Å². The maximum Gasteiger partial charge on any atom is 0.247 e. The van der Waals surface area contributed by atoms with Gasteiger partial charge in [-0.1, -0.05) is 35.5 Å². The summed E-state index contributed by atoms with van der Waals surface area (Å²) in [5.74, 6) is -2.61. The number of aliphatic hydroxyl groups is 1. The smallest absolute Gasteiger partial charge is 0.247 e. The zero-order valence-electron chi connectivity index (χ0n) is 20.3. The summed E-state index contributed by atoms with van der Waals surface area (Å²) >= 11 is 0. The summed E-state index contributed by atoms with van der Waals surface area (Å²) < 4.78 is 7.96. The minimum atomic E-state index is -1.14. The highest BCUT2D eigenvalue weighted by Crippen LogP contribution is 2.58. The number of carbonyl (C=O) groups is 3. The van der Waals surface area contributed by atoms with Crippen molar-refractivity contribution < 1.29 is 24.2 Å². The molecule has 3 saturated heterocycles. The van der Waals surface area contributed by atoms with Gasteiger partial charge in [-0.25, -0.2) is 4.68 Å². The molecule has 6 rings (SSSR count). The lowest BCUT2D eigenvalue weighted by molar-refractivity contribution is -0.144. The van der Waals surface area contributed by atoms with Crippen LogP contribution in [0.25, 0.3) is 11.0 Å². The fraction of sp³-hybridized carbons (Fsp3) is 0.423. The minimum Gasteiger partial charge on any atom is -0.394 e. The summed E-state index contributed by atoms with van der Waals surface area (Å²) in [6, 6.07) is 14.8. The van der Waals surface area contributed by atoms with Crippen LogP contribution in [0, 0.1) is 11.8 Å². The third kappa shape index (κ3) is 3.60. The van der Waals surface area contributed by atoms with E-state index in [0.717, 1.165) is 5.52 Å². The molecule has 37 heavy (non-hydrogen) atoms. The maximum atomic E-state index is 13.8. The van der Waals surface area contributed by atoms with E-state index in [1.807, 2.05) is 42.5 Å². The Kier molecular flexibility index (Phi) is 5.68. The Labute approximate surface area is 212 Å². The number of benzene rings is 2. The van der Waals surface area contributed by atoms with Gasteiger partial charge in [-0.15, -0.1) is 5.10 Å². The first-order valence-corrected chi connectivity index (χ1v) is 12.5. The second kappa shape index (κ2) is 8.93. The van der Waals surface area contributed by atoms with E-state index in [9.17, 15) is 19.5 Å². The van der Waals surface area contributed by atoms with E-state index in [4.69, 9.17) is 4.74 Å². The van der Waals surface area contributed by atoms with Gasteiger partial charge in [0.25, 0.3) is 0 Å². The number of amides is 3. The van der Waals surface area contributed by atoms with E-state index in [1.165, 1.54) is 4.90 Å². The van der Waals surface area contributed by atoms with Crippen LogP contribution in [-0.4, -0.2) is 73.1 Å². The highest BCUT2D eigenvalue weighted by atomic mass is 16.5. The van der Waals surface area contributed by atoms with Crippen LogP contribution >= 0.6 is 0 Å². The van der Waals surface area contributed by atoms with Crippen LogP contribution in [0.4, 0.5) is 5.69 Å². The van der Waals surface area contributed by atoms with Gasteiger partial charge in [0.05, 0.1) is 36.1 Å². The lowest BCUT2D eigenvalue weighted by Crippen LogP contribution is -2.57. The zero-order valence-corrected chi connectivity index (χ0v) is 20.3. The molecule has 3 aliphatic heterocycles. The molecule has 3 N–H and O–H groups in total. The molecular weight excluding hydrogens is 476 g/mol. The number of nitrogens with zero attached hydrogens (tertiary/aromatic N) is 4. The molecule has 1 aromatic heterocycles. The number of anilines is 1. The third-order valence-corrected chi connectivity index (χ3v) is 7.89. The summed E-state index contributed by atoms with van der Waals surface area (Å²) in [7, 11) is 0. The first-order chi connectivity index (χ1) is 17.9. The molecule has 0 aliphatic carbocycles. The Hall–Kier alpha value is -3.83.